The van der Waals surface area contributed by atoms with Crippen LogP contribution in [0.1, 0.15) is 41.5 Å². The molecule has 3 aliphatic carbocycles. The molecule has 0 aromatic heterocycles. The van der Waals surface area contributed by atoms with E-state index < -0.39 is 16.8 Å². The molecule has 1 unspecified atom stereocenters. The van der Waals surface area contributed by atoms with Crippen LogP contribution in [0.4, 0.5) is 0 Å². The molecule has 2 bridgehead atoms. The molecule has 0 aliphatic heterocycles. The normalized spacial score (nSPS) is 31.0. The molecule has 0 heterocycles. The van der Waals surface area contributed by atoms with Crippen LogP contribution in [0.15, 0.2) is 48.5 Å². The highest BCUT2D eigenvalue weighted by atomic mass is 16.4. The highest BCUT2D eigenvalue weighted by Crippen LogP contribution is 2.64. The van der Waals surface area contributed by atoms with E-state index in [1.165, 1.54) is 0 Å². The van der Waals surface area contributed by atoms with Crippen molar-refractivity contribution in [1.29, 1.82) is 5.26 Å². The predicted octanol–water partition coefficient (Wildman–Crippen LogP) is 3.44. The van der Waals surface area contributed by atoms with E-state index >= 15 is 0 Å². The van der Waals surface area contributed by atoms with Gasteiger partial charge in [-0.2, -0.15) is 5.26 Å². The highest BCUT2D eigenvalue weighted by Gasteiger charge is 2.64. The van der Waals surface area contributed by atoms with Crippen LogP contribution in [0, 0.1) is 16.7 Å². The van der Waals surface area contributed by atoms with Crippen molar-refractivity contribution in [3.63, 3.8) is 0 Å². The van der Waals surface area contributed by atoms with E-state index in [0.29, 0.717) is 6.42 Å². The van der Waals surface area contributed by atoms with E-state index in [4.69, 9.17) is 0 Å². The van der Waals surface area contributed by atoms with Crippen LogP contribution in [0.2, 0.25) is 0 Å². The summed E-state index contributed by atoms with van der Waals surface area (Å²) in [5.41, 5.74) is 1.67. The fourth-order valence-electron chi connectivity index (χ4n) is 4.46. The van der Waals surface area contributed by atoms with Crippen molar-refractivity contribution in [3.8, 4) is 6.07 Å². The first-order chi connectivity index (χ1) is 10.6. The van der Waals surface area contributed by atoms with Crippen molar-refractivity contribution < 1.29 is 9.90 Å². The summed E-state index contributed by atoms with van der Waals surface area (Å²) in [6.45, 7) is 1.72. The Bertz CT molecular complexity index is 801. The van der Waals surface area contributed by atoms with E-state index in [-0.39, 0.29) is 5.92 Å². The number of hydrogen-bond acceptors (Lipinski definition) is 2. The number of benzene rings is 2. The lowest BCUT2D eigenvalue weighted by molar-refractivity contribution is -0.152. The number of hydrogen-bond donors (Lipinski definition) is 1. The Morgan fingerprint density at radius 1 is 1.14 bits per heavy atom. The third-order valence-electron chi connectivity index (χ3n) is 5.56. The molecular weight excluding hydrogens is 274 g/mol. The largest absolute Gasteiger partial charge is 0.481 e. The van der Waals surface area contributed by atoms with Crippen molar-refractivity contribution in [2.75, 3.05) is 0 Å². The van der Waals surface area contributed by atoms with Crippen LogP contribution in [0.25, 0.3) is 0 Å². The first-order valence-electron chi connectivity index (χ1n) is 7.40. The van der Waals surface area contributed by atoms with E-state index in [1.54, 1.807) is 6.92 Å². The van der Waals surface area contributed by atoms with Crippen LogP contribution in [-0.4, -0.2) is 11.1 Å². The van der Waals surface area contributed by atoms with Gasteiger partial charge in [-0.25, -0.2) is 0 Å². The molecule has 2 aromatic carbocycles. The number of rotatable bonds is 1. The van der Waals surface area contributed by atoms with Crippen LogP contribution >= 0.6 is 0 Å². The molecule has 1 N–H and O–H groups in total. The first kappa shape index (κ1) is 13.1. The third kappa shape index (κ3) is 1.20. The first-order valence-corrected chi connectivity index (χ1v) is 7.40. The summed E-state index contributed by atoms with van der Waals surface area (Å²) >= 11 is 0. The van der Waals surface area contributed by atoms with Gasteiger partial charge >= 0.3 is 5.97 Å². The lowest BCUT2D eigenvalue weighted by Crippen LogP contribution is -2.56. The number of carbonyl (C=O) groups is 1. The Kier molecular flexibility index (Phi) is 2.37. The maximum Gasteiger partial charge on any atom is 0.311 e. The summed E-state index contributed by atoms with van der Waals surface area (Å²) in [4.78, 5) is 12.1. The van der Waals surface area contributed by atoms with Crippen molar-refractivity contribution in [2.24, 2.45) is 5.41 Å². The van der Waals surface area contributed by atoms with Gasteiger partial charge < -0.3 is 5.11 Å². The Morgan fingerprint density at radius 2 is 1.64 bits per heavy atom. The summed E-state index contributed by atoms with van der Waals surface area (Å²) in [7, 11) is 0. The summed E-state index contributed by atoms with van der Waals surface area (Å²) in [5, 5.41) is 20.0. The smallest absolute Gasteiger partial charge is 0.311 e. The van der Waals surface area contributed by atoms with Gasteiger partial charge in [-0.15, -0.1) is 0 Å². The topological polar surface area (TPSA) is 61.1 Å². The fourth-order valence-corrected chi connectivity index (χ4v) is 4.46. The Balaban J connectivity index is 2.19. The van der Waals surface area contributed by atoms with E-state index in [2.05, 4.69) is 6.07 Å². The number of carboxylic acid groups (broad SMARTS) is 1. The molecule has 22 heavy (non-hydrogen) atoms. The summed E-state index contributed by atoms with van der Waals surface area (Å²) in [6, 6.07) is 18.0. The van der Waals surface area contributed by atoms with E-state index in [0.717, 1.165) is 22.3 Å². The van der Waals surface area contributed by atoms with E-state index in [9.17, 15) is 15.2 Å². The third-order valence-corrected chi connectivity index (χ3v) is 5.56. The summed E-state index contributed by atoms with van der Waals surface area (Å²) in [6.07, 6.45) is 0.462. The van der Waals surface area contributed by atoms with Gasteiger partial charge in [0.05, 0.1) is 11.5 Å². The van der Waals surface area contributed by atoms with Crippen LogP contribution in [-0.2, 0) is 10.2 Å². The summed E-state index contributed by atoms with van der Waals surface area (Å²) in [5.74, 6) is -0.855. The molecule has 0 saturated carbocycles. The number of nitrogens with zero attached hydrogens (tertiary/aromatic N) is 1. The second-order valence-electron chi connectivity index (χ2n) is 6.43. The minimum atomic E-state index is -1.12. The maximum atomic E-state index is 12.1. The number of nitriles is 1. The van der Waals surface area contributed by atoms with Gasteiger partial charge in [0.1, 0.15) is 5.41 Å². The van der Waals surface area contributed by atoms with Crippen LogP contribution in [0.5, 0.6) is 0 Å². The van der Waals surface area contributed by atoms with Gasteiger partial charge in [0, 0.05) is 5.92 Å². The minimum Gasteiger partial charge on any atom is -0.481 e. The zero-order valence-electron chi connectivity index (χ0n) is 12.2. The predicted molar refractivity (Wildman–Crippen MR) is 81.5 cm³/mol. The molecule has 0 radical (unpaired) electrons. The lowest BCUT2D eigenvalue weighted by Gasteiger charge is -2.54. The SMILES string of the molecule is CC1(C(=O)O)CC2c3ccccc3C1(C#N)c1ccccc12. The molecular formula is C19H15NO2. The zero-order chi connectivity index (χ0) is 15.5. The molecule has 1 atom stereocenters. The molecule has 0 saturated heterocycles. The molecule has 108 valence electrons. The Hall–Kier alpha value is -2.60. The Labute approximate surface area is 128 Å². The zero-order valence-corrected chi connectivity index (χ0v) is 12.2. The minimum absolute atomic E-state index is 0.0451. The quantitative estimate of drug-likeness (QED) is 0.874. The average Bonchev–Trinajstić information content (AvgIpc) is 2.55. The number of carboxylic acids is 1. The van der Waals surface area contributed by atoms with Crippen molar-refractivity contribution in [1.82, 2.24) is 0 Å². The van der Waals surface area contributed by atoms with Crippen LogP contribution in [0.3, 0.4) is 0 Å². The monoisotopic (exact) mass is 289 g/mol. The number of fused-ring (bicyclic) bond motifs is 1. The van der Waals surface area contributed by atoms with Gasteiger partial charge in [-0.3, -0.25) is 4.79 Å². The van der Waals surface area contributed by atoms with E-state index in [1.807, 2.05) is 48.5 Å². The molecule has 0 fully saturated rings. The average molecular weight is 289 g/mol. The molecule has 2 aromatic rings. The fraction of sp³-hybridized carbons (Fsp3) is 0.263. The molecule has 3 heteroatoms. The highest BCUT2D eigenvalue weighted by molar-refractivity contribution is 5.83. The molecule has 0 spiro atoms. The number of aliphatic carboxylic acids is 1. The van der Waals surface area contributed by atoms with Crippen LogP contribution < -0.4 is 0 Å². The van der Waals surface area contributed by atoms with Gasteiger partial charge in [-0.1, -0.05) is 48.5 Å². The van der Waals surface area contributed by atoms with Gasteiger partial charge in [0.2, 0.25) is 0 Å². The molecule has 3 nitrogen and oxygen atoms in total. The molecule has 5 rings (SSSR count). The van der Waals surface area contributed by atoms with Crippen molar-refractivity contribution in [2.45, 2.75) is 24.7 Å². The van der Waals surface area contributed by atoms with Gasteiger partial charge in [-0.05, 0) is 35.6 Å². The lowest BCUT2D eigenvalue weighted by atomic mass is 9.45. The van der Waals surface area contributed by atoms with Gasteiger partial charge in [0.15, 0.2) is 0 Å². The maximum absolute atomic E-state index is 12.1. The standard InChI is InChI=1S/C19H15NO2/c1-18(17(21)22)10-14-12-6-2-4-8-15(12)19(18,11-20)16-9-5-3-7-13(14)16/h2-9,14H,10H2,1H3,(H,21,22). The second kappa shape index (κ2) is 3.98. The summed E-state index contributed by atoms with van der Waals surface area (Å²) < 4.78 is 0. The second-order valence-corrected chi connectivity index (χ2v) is 6.43. The van der Waals surface area contributed by atoms with Gasteiger partial charge in [0.25, 0.3) is 0 Å². The molecule has 0 amide bonds. The Morgan fingerprint density at radius 3 is 2.09 bits per heavy atom. The van der Waals surface area contributed by atoms with Crippen molar-refractivity contribution >= 4 is 5.97 Å². The van der Waals surface area contributed by atoms with Crippen molar-refractivity contribution in [3.05, 3.63) is 70.8 Å². The molecule has 3 aliphatic rings.